The maximum atomic E-state index is 11.9. The number of guanidine groups is 1. The number of hydrogen-bond donors (Lipinski definition) is 2. The number of nitrogens with one attached hydrogen (secondary N) is 2. The molecule has 1 aromatic rings. The summed E-state index contributed by atoms with van der Waals surface area (Å²) in [5.74, 6) is 0.876. The van der Waals surface area contributed by atoms with Crippen molar-refractivity contribution in [1.29, 1.82) is 0 Å². The largest absolute Gasteiger partial charge is 0.357 e. The Morgan fingerprint density at radius 2 is 1.79 bits per heavy atom. The molecular weight excluding hydrogens is 465 g/mol. The second-order valence-electron chi connectivity index (χ2n) is 7.27. The average molecular weight is 501 g/mol. The van der Waals surface area contributed by atoms with Gasteiger partial charge >= 0.3 is 0 Å². The Hall–Kier alpha value is -1.35. The molecule has 1 saturated heterocycles. The van der Waals surface area contributed by atoms with E-state index in [1.165, 1.54) is 38.9 Å². The van der Waals surface area contributed by atoms with Gasteiger partial charge in [0.1, 0.15) is 0 Å². The number of halogens is 1. The second kappa shape index (κ2) is 13.8. The van der Waals surface area contributed by atoms with Crippen LogP contribution in [0.2, 0.25) is 0 Å². The van der Waals surface area contributed by atoms with Gasteiger partial charge in [-0.1, -0.05) is 12.1 Å². The lowest BCUT2D eigenvalue weighted by Crippen LogP contribution is -2.38. The highest BCUT2D eigenvalue weighted by Gasteiger charge is 2.10. The van der Waals surface area contributed by atoms with Gasteiger partial charge in [0.25, 0.3) is 5.91 Å². The fourth-order valence-corrected chi connectivity index (χ4v) is 3.20. The van der Waals surface area contributed by atoms with Crippen LogP contribution in [0.3, 0.4) is 0 Å². The van der Waals surface area contributed by atoms with Crippen molar-refractivity contribution in [2.75, 3.05) is 46.8 Å². The molecule has 28 heavy (non-hydrogen) atoms. The van der Waals surface area contributed by atoms with Gasteiger partial charge < -0.3 is 20.4 Å². The lowest BCUT2D eigenvalue weighted by molar-refractivity contribution is 0.0827. The van der Waals surface area contributed by atoms with Gasteiger partial charge in [-0.3, -0.25) is 4.79 Å². The monoisotopic (exact) mass is 501 g/mol. The van der Waals surface area contributed by atoms with Crippen LogP contribution in [0, 0.1) is 0 Å². The van der Waals surface area contributed by atoms with E-state index in [-0.39, 0.29) is 29.9 Å². The van der Waals surface area contributed by atoms with Crippen molar-refractivity contribution >= 4 is 35.8 Å². The van der Waals surface area contributed by atoms with E-state index in [0.29, 0.717) is 12.1 Å². The molecule has 2 N–H and O–H groups in total. The zero-order valence-electron chi connectivity index (χ0n) is 17.5. The molecule has 1 aromatic carbocycles. The summed E-state index contributed by atoms with van der Waals surface area (Å²) in [6.45, 7) is 8.22. The third-order valence-electron chi connectivity index (χ3n) is 4.76. The predicted molar refractivity (Wildman–Crippen MR) is 128 cm³/mol. The minimum absolute atomic E-state index is 0. The molecule has 7 heteroatoms. The van der Waals surface area contributed by atoms with E-state index in [4.69, 9.17) is 0 Å². The van der Waals surface area contributed by atoms with Crippen molar-refractivity contribution in [2.24, 2.45) is 4.99 Å². The molecule has 1 amide bonds. The minimum Gasteiger partial charge on any atom is -0.357 e. The minimum atomic E-state index is 0. The average Bonchev–Trinajstić information content (AvgIpc) is 3.19. The molecule has 0 spiro atoms. The summed E-state index contributed by atoms with van der Waals surface area (Å²) in [5, 5.41) is 6.72. The van der Waals surface area contributed by atoms with Crippen molar-refractivity contribution in [3.63, 3.8) is 0 Å². The Balaban J connectivity index is 0.00000392. The summed E-state index contributed by atoms with van der Waals surface area (Å²) >= 11 is 0. The lowest BCUT2D eigenvalue weighted by atomic mass is 10.1. The second-order valence-corrected chi connectivity index (χ2v) is 7.27. The van der Waals surface area contributed by atoms with Crippen LogP contribution in [0.4, 0.5) is 0 Å². The first-order valence-corrected chi connectivity index (χ1v) is 10.1. The zero-order chi connectivity index (χ0) is 19.5. The van der Waals surface area contributed by atoms with E-state index >= 15 is 0 Å². The molecule has 6 nitrogen and oxygen atoms in total. The fraction of sp³-hybridized carbons (Fsp3) is 0.619. The number of likely N-dealkylation sites (tertiary alicyclic amines) is 1. The predicted octanol–water partition coefficient (Wildman–Crippen LogP) is 2.94. The number of carbonyl (C=O) groups excluding carboxylic acids is 1. The molecule has 2 rings (SSSR count). The van der Waals surface area contributed by atoms with Crippen molar-refractivity contribution in [3.05, 3.63) is 35.4 Å². The molecule has 1 aliphatic heterocycles. The number of benzene rings is 1. The van der Waals surface area contributed by atoms with Gasteiger partial charge in [0, 0.05) is 32.7 Å². The number of unbranched alkanes of at least 4 members (excludes halogenated alkanes) is 1. The van der Waals surface area contributed by atoms with E-state index < -0.39 is 0 Å². The van der Waals surface area contributed by atoms with Crippen LogP contribution in [0.1, 0.15) is 48.5 Å². The van der Waals surface area contributed by atoms with Gasteiger partial charge in [0.05, 0.1) is 6.54 Å². The Bertz CT molecular complexity index is 597. The fourth-order valence-electron chi connectivity index (χ4n) is 3.20. The number of rotatable bonds is 9. The summed E-state index contributed by atoms with van der Waals surface area (Å²) in [7, 11) is 3.53. The molecule has 0 unspecified atom stereocenters. The number of hydrogen-bond acceptors (Lipinski definition) is 3. The summed E-state index contributed by atoms with van der Waals surface area (Å²) in [5.41, 5.74) is 1.80. The third-order valence-corrected chi connectivity index (χ3v) is 4.76. The quantitative estimate of drug-likeness (QED) is 0.237. The molecule has 0 radical (unpaired) electrons. The van der Waals surface area contributed by atoms with Crippen LogP contribution in [0.25, 0.3) is 0 Å². The van der Waals surface area contributed by atoms with E-state index in [1.54, 1.807) is 19.0 Å². The first-order chi connectivity index (χ1) is 13.1. The first kappa shape index (κ1) is 24.7. The normalized spacial score (nSPS) is 14.5. The molecule has 1 fully saturated rings. The molecule has 0 bridgehead atoms. The van der Waals surface area contributed by atoms with E-state index in [9.17, 15) is 4.79 Å². The Kier molecular flexibility index (Phi) is 12.1. The number of amides is 1. The third kappa shape index (κ3) is 8.77. The summed E-state index contributed by atoms with van der Waals surface area (Å²) in [4.78, 5) is 20.7. The van der Waals surface area contributed by atoms with Gasteiger partial charge in [-0.15, -0.1) is 24.0 Å². The van der Waals surface area contributed by atoms with Crippen LogP contribution >= 0.6 is 24.0 Å². The Labute approximate surface area is 187 Å². The molecule has 158 valence electrons. The van der Waals surface area contributed by atoms with Gasteiger partial charge in [-0.05, 0) is 69.9 Å². The molecule has 1 heterocycles. The van der Waals surface area contributed by atoms with Gasteiger partial charge in [-0.2, -0.15) is 0 Å². The maximum absolute atomic E-state index is 11.9. The Morgan fingerprint density at radius 3 is 2.39 bits per heavy atom. The number of aliphatic imine (C=N–C) groups is 1. The van der Waals surface area contributed by atoms with Gasteiger partial charge in [0.2, 0.25) is 0 Å². The van der Waals surface area contributed by atoms with E-state index in [1.807, 2.05) is 24.3 Å². The van der Waals surface area contributed by atoms with Crippen molar-refractivity contribution < 1.29 is 4.79 Å². The van der Waals surface area contributed by atoms with Crippen LogP contribution in [0.15, 0.2) is 29.3 Å². The lowest BCUT2D eigenvalue weighted by Gasteiger charge is -2.15. The summed E-state index contributed by atoms with van der Waals surface area (Å²) in [6.07, 6.45) is 5.11. The Morgan fingerprint density at radius 1 is 1.11 bits per heavy atom. The van der Waals surface area contributed by atoms with E-state index in [0.717, 1.165) is 31.0 Å². The van der Waals surface area contributed by atoms with Crippen LogP contribution in [-0.2, 0) is 6.54 Å². The molecular formula is C21H36IN5O. The van der Waals surface area contributed by atoms with Crippen LogP contribution < -0.4 is 10.6 Å². The summed E-state index contributed by atoms with van der Waals surface area (Å²) < 4.78 is 0. The van der Waals surface area contributed by atoms with Crippen molar-refractivity contribution in [2.45, 2.75) is 39.2 Å². The maximum Gasteiger partial charge on any atom is 0.253 e. The highest BCUT2D eigenvalue weighted by molar-refractivity contribution is 14.0. The standard InChI is InChI=1S/C21H35N5O.HI/c1-4-22-21(23-13-5-6-14-26-15-7-8-16-26)24-17-18-9-11-19(12-10-18)20(27)25(2)3;/h9-12H,4-8,13-17H2,1-3H3,(H2,22,23,24);1H. The first-order valence-electron chi connectivity index (χ1n) is 10.1. The van der Waals surface area contributed by atoms with Crippen LogP contribution in [-0.4, -0.2) is 68.5 Å². The molecule has 0 aromatic heterocycles. The van der Waals surface area contributed by atoms with Gasteiger partial charge in [0.15, 0.2) is 5.96 Å². The summed E-state index contributed by atoms with van der Waals surface area (Å²) in [6, 6.07) is 7.68. The topological polar surface area (TPSA) is 60.0 Å². The van der Waals surface area contributed by atoms with E-state index in [2.05, 4.69) is 27.4 Å². The van der Waals surface area contributed by atoms with Crippen molar-refractivity contribution in [3.8, 4) is 0 Å². The number of nitrogens with zero attached hydrogens (tertiary/aromatic N) is 3. The smallest absolute Gasteiger partial charge is 0.253 e. The highest BCUT2D eigenvalue weighted by Crippen LogP contribution is 2.08. The zero-order valence-corrected chi connectivity index (χ0v) is 19.9. The molecule has 0 aliphatic carbocycles. The SMILES string of the molecule is CCNC(=NCc1ccc(C(=O)N(C)C)cc1)NCCCCN1CCCC1.I. The highest BCUT2D eigenvalue weighted by atomic mass is 127. The van der Waals surface area contributed by atoms with Gasteiger partial charge in [-0.25, -0.2) is 4.99 Å². The molecule has 1 aliphatic rings. The van der Waals surface area contributed by atoms with Crippen LogP contribution in [0.5, 0.6) is 0 Å². The molecule has 0 atom stereocenters. The molecule has 0 saturated carbocycles. The van der Waals surface area contributed by atoms with Crippen molar-refractivity contribution in [1.82, 2.24) is 20.4 Å². The number of carbonyl (C=O) groups is 1.